The van der Waals surface area contributed by atoms with Gasteiger partial charge in [0.25, 0.3) is 0 Å². The number of nitrogens with one attached hydrogen (secondary N) is 2. The van der Waals surface area contributed by atoms with Gasteiger partial charge in [-0.05, 0) is 43.0 Å². The van der Waals surface area contributed by atoms with E-state index in [0.29, 0.717) is 23.1 Å². The van der Waals surface area contributed by atoms with E-state index in [1.807, 2.05) is 31.2 Å². The lowest BCUT2D eigenvalue weighted by Crippen LogP contribution is -2.39. The maximum absolute atomic E-state index is 12.3. The molecule has 0 fully saturated rings. The lowest BCUT2D eigenvalue weighted by atomic mass is 10.1. The molecular weight excluding hydrogens is 352 g/mol. The number of hydrogen-bond acceptors (Lipinski definition) is 4. The van der Waals surface area contributed by atoms with Crippen molar-refractivity contribution in [2.45, 2.75) is 25.8 Å². The summed E-state index contributed by atoms with van der Waals surface area (Å²) in [6, 6.07) is 11.7. The third-order valence-corrected chi connectivity index (χ3v) is 4.89. The summed E-state index contributed by atoms with van der Waals surface area (Å²) in [7, 11) is 1.55. The van der Waals surface area contributed by atoms with E-state index in [1.165, 1.54) is 5.56 Å². The molecular formula is C20H23ClN2O3. The van der Waals surface area contributed by atoms with Crippen LogP contribution in [0.4, 0.5) is 5.69 Å². The number of anilines is 1. The molecule has 0 aliphatic carbocycles. The number of rotatable bonds is 5. The second-order valence-corrected chi connectivity index (χ2v) is 6.79. The van der Waals surface area contributed by atoms with Gasteiger partial charge in [0.15, 0.2) is 0 Å². The molecule has 0 aromatic heterocycles. The zero-order valence-corrected chi connectivity index (χ0v) is 15.7. The molecule has 2 aromatic carbocycles. The third-order valence-electron chi connectivity index (χ3n) is 4.48. The van der Waals surface area contributed by atoms with Gasteiger partial charge in [-0.1, -0.05) is 29.8 Å². The molecule has 1 atom stereocenters. The van der Waals surface area contributed by atoms with Crippen molar-refractivity contribution in [3.8, 4) is 11.5 Å². The topological polar surface area (TPSA) is 59.6 Å². The van der Waals surface area contributed by atoms with E-state index < -0.39 is 0 Å². The molecule has 2 aromatic rings. The molecule has 138 valence electrons. The monoisotopic (exact) mass is 374 g/mol. The first kappa shape index (κ1) is 18.5. The van der Waals surface area contributed by atoms with Gasteiger partial charge in [0, 0.05) is 17.1 Å². The van der Waals surface area contributed by atoms with Gasteiger partial charge in [0.2, 0.25) is 5.91 Å². The normalized spacial score (nSPS) is 16.2. The van der Waals surface area contributed by atoms with Crippen molar-refractivity contribution in [1.82, 2.24) is 5.32 Å². The van der Waals surface area contributed by atoms with Crippen molar-refractivity contribution in [3.05, 3.63) is 52.5 Å². The van der Waals surface area contributed by atoms with Crippen molar-refractivity contribution < 1.29 is 14.3 Å². The number of hydrogen-bond donors (Lipinski definition) is 2. The Morgan fingerprint density at radius 1 is 1.35 bits per heavy atom. The Labute approximate surface area is 158 Å². The summed E-state index contributed by atoms with van der Waals surface area (Å²) in [5, 5.41) is 6.76. The molecule has 0 saturated heterocycles. The highest BCUT2D eigenvalue weighted by Gasteiger charge is 2.18. The van der Waals surface area contributed by atoms with Crippen LogP contribution in [0.3, 0.4) is 0 Å². The van der Waals surface area contributed by atoms with Gasteiger partial charge >= 0.3 is 0 Å². The van der Waals surface area contributed by atoms with E-state index >= 15 is 0 Å². The number of methoxy groups -OCH3 is 1. The van der Waals surface area contributed by atoms with Gasteiger partial charge in [-0.15, -0.1) is 0 Å². The standard InChI is InChI=1S/C20H23ClN2O3/c1-13-9-17(19(25-2)10-16(13)21)23-20(24)11-22-15-8-7-14-5-3-4-6-18(14)26-12-15/h3-6,9-10,15,22H,7-8,11-12H2,1-2H3,(H,23,24). The molecule has 26 heavy (non-hydrogen) atoms. The minimum Gasteiger partial charge on any atom is -0.495 e. The predicted octanol–water partition coefficient (Wildman–Crippen LogP) is 3.58. The molecule has 1 aliphatic heterocycles. The van der Waals surface area contributed by atoms with E-state index in [0.717, 1.165) is 24.2 Å². The van der Waals surface area contributed by atoms with Crippen molar-refractivity contribution >= 4 is 23.2 Å². The Balaban J connectivity index is 1.54. The number of carbonyl (C=O) groups excluding carboxylic acids is 1. The Hall–Kier alpha value is -2.24. The molecule has 1 unspecified atom stereocenters. The van der Waals surface area contributed by atoms with Gasteiger partial charge in [-0.2, -0.15) is 0 Å². The van der Waals surface area contributed by atoms with Crippen molar-refractivity contribution in [2.24, 2.45) is 0 Å². The van der Waals surface area contributed by atoms with Crippen LogP contribution >= 0.6 is 11.6 Å². The Kier molecular flexibility index (Phi) is 6.01. The van der Waals surface area contributed by atoms with Crippen LogP contribution in [0.25, 0.3) is 0 Å². The number of amides is 1. The van der Waals surface area contributed by atoms with Crippen LogP contribution in [0, 0.1) is 6.92 Å². The first-order valence-corrected chi connectivity index (χ1v) is 9.02. The first-order valence-electron chi connectivity index (χ1n) is 8.65. The van der Waals surface area contributed by atoms with Gasteiger partial charge in [0.1, 0.15) is 18.1 Å². The summed E-state index contributed by atoms with van der Waals surface area (Å²) in [6.07, 6.45) is 1.85. The van der Waals surface area contributed by atoms with E-state index in [-0.39, 0.29) is 18.5 Å². The second-order valence-electron chi connectivity index (χ2n) is 6.39. The van der Waals surface area contributed by atoms with Crippen LogP contribution in [-0.2, 0) is 11.2 Å². The van der Waals surface area contributed by atoms with Gasteiger partial charge in [-0.25, -0.2) is 0 Å². The van der Waals surface area contributed by atoms with Crippen molar-refractivity contribution in [3.63, 3.8) is 0 Å². The highest BCUT2D eigenvalue weighted by Crippen LogP contribution is 2.30. The summed E-state index contributed by atoms with van der Waals surface area (Å²) in [6.45, 7) is 2.64. The highest BCUT2D eigenvalue weighted by atomic mass is 35.5. The average Bonchev–Trinajstić information content (AvgIpc) is 2.85. The fraction of sp³-hybridized carbons (Fsp3) is 0.350. The maximum atomic E-state index is 12.3. The molecule has 0 bridgehead atoms. The molecule has 0 saturated carbocycles. The molecule has 1 amide bonds. The van der Waals surface area contributed by atoms with Crippen LogP contribution in [0.1, 0.15) is 17.5 Å². The Morgan fingerprint density at radius 3 is 2.96 bits per heavy atom. The molecule has 0 spiro atoms. The minimum atomic E-state index is -0.133. The quantitative estimate of drug-likeness (QED) is 0.839. The number of benzene rings is 2. The number of ether oxygens (including phenoxy) is 2. The molecule has 1 aliphatic rings. The zero-order chi connectivity index (χ0) is 18.5. The number of carbonyl (C=O) groups is 1. The molecule has 3 rings (SSSR count). The lowest BCUT2D eigenvalue weighted by Gasteiger charge is -2.17. The van der Waals surface area contributed by atoms with Crippen molar-refractivity contribution in [1.29, 1.82) is 0 Å². The van der Waals surface area contributed by atoms with E-state index in [1.54, 1.807) is 13.2 Å². The maximum Gasteiger partial charge on any atom is 0.238 e. The number of fused-ring (bicyclic) bond motifs is 1. The summed E-state index contributed by atoms with van der Waals surface area (Å²) in [5.74, 6) is 1.34. The summed E-state index contributed by atoms with van der Waals surface area (Å²) < 4.78 is 11.1. The molecule has 1 heterocycles. The summed E-state index contributed by atoms with van der Waals surface area (Å²) in [5.41, 5.74) is 2.71. The summed E-state index contributed by atoms with van der Waals surface area (Å²) in [4.78, 5) is 12.3. The molecule has 2 N–H and O–H groups in total. The molecule has 0 radical (unpaired) electrons. The fourth-order valence-electron chi connectivity index (χ4n) is 2.98. The number of halogens is 1. The van der Waals surface area contributed by atoms with Crippen LogP contribution in [0.5, 0.6) is 11.5 Å². The van der Waals surface area contributed by atoms with Crippen LogP contribution in [-0.4, -0.2) is 32.2 Å². The number of aryl methyl sites for hydroxylation is 2. The largest absolute Gasteiger partial charge is 0.495 e. The molecule has 5 nitrogen and oxygen atoms in total. The smallest absolute Gasteiger partial charge is 0.238 e. The highest BCUT2D eigenvalue weighted by molar-refractivity contribution is 6.31. The minimum absolute atomic E-state index is 0.127. The lowest BCUT2D eigenvalue weighted by molar-refractivity contribution is -0.115. The first-order chi connectivity index (χ1) is 12.6. The third kappa shape index (κ3) is 4.48. The fourth-order valence-corrected chi connectivity index (χ4v) is 3.13. The second kappa shape index (κ2) is 8.43. The predicted molar refractivity (Wildman–Crippen MR) is 103 cm³/mol. The average molecular weight is 375 g/mol. The Morgan fingerprint density at radius 2 is 2.15 bits per heavy atom. The number of para-hydroxylation sites is 1. The van der Waals surface area contributed by atoms with Crippen LogP contribution < -0.4 is 20.1 Å². The molecule has 6 heteroatoms. The van der Waals surface area contributed by atoms with Crippen LogP contribution in [0.2, 0.25) is 5.02 Å². The Bertz CT molecular complexity index is 768. The summed E-state index contributed by atoms with van der Waals surface area (Å²) >= 11 is 6.10. The van der Waals surface area contributed by atoms with E-state index in [2.05, 4.69) is 16.7 Å². The van der Waals surface area contributed by atoms with Crippen LogP contribution in [0.15, 0.2) is 36.4 Å². The van der Waals surface area contributed by atoms with Gasteiger partial charge < -0.3 is 20.1 Å². The van der Waals surface area contributed by atoms with E-state index in [4.69, 9.17) is 21.1 Å². The van der Waals surface area contributed by atoms with Gasteiger partial charge in [0.05, 0.1) is 19.3 Å². The SMILES string of the molecule is COc1cc(Cl)c(C)cc1NC(=O)CNC1CCc2ccccc2OC1. The van der Waals surface area contributed by atoms with E-state index in [9.17, 15) is 4.79 Å². The van der Waals surface area contributed by atoms with Crippen molar-refractivity contribution in [2.75, 3.05) is 25.6 Å². The van der Waals surface area contributed by atoms with Gasteiger partial charge in [-0.3, -0.25) is 4.79 Å². The zero-order valence-electron chi connectivity index (χ0n) is 15.0.